The molecule has 0 saturated carbocycles. The van der Waals surface area contributed by atoms with Gasteiger partial charge in [-0.15, -0.1) is 0 Å². The number of nitrogens with one attached hydrogen (secondary N) is 2. The van der Waals surface area contributed by atoms with Crippen LogP contribution in [0.2, 0.25) is 0 Å². The summed E-state index contributed by atoms with van der Waals surface area (Å²) in [4.78, 5) is 12.0. The fourth-order valence-corrected chi connectivity index (χ4v) is 1.29. The molecular weight excluding hydrogens is 160 g/mol. The van der Waals surface area contributed by atoms with Gasteiger partial charge < -0.3 is 5.43 Å². The lowest BCUT2D eigenvalue weighted by atomic mass is 10.5. The van der Waals surface area contributed by atoms with Crippen LogP contribution in [0.3, 0.4) is 0 Å². The summed E-state index contributed by atoms with van der Waals surface area (Å²) in [6, 6.07) is 1.80. The van der Waals surface area contributed by atoms with Crippen molar-refractivity contribution in [2.45, 2.75) is 0 Å². The fourth-order valence-electron chi connectivity index (χ4n) is 0.745. The average molecular weight is 166 g/mol. The monoisotopic (exact) mass is 166 g/mol. The summed E-state index contributed by atoms with van der Waals surface area (Å²) in [6.45, 7) is 0. The van der Waals surface area contributed by atoms with Crippen molar-refractivity contribution in [3.8, 4) is 0 Å². The largest absolute Gasteiger partial charge is 0.318 e. The molecule has 0 fully saturated rings. The first-order valence-electron chi connectivity index (χ1n) is 3.12. The van der Waals surface area contributed by atoms with Crippen molar-refractivity contribution < 1.29 is 0 Å². The standard InChI is InChI=1S/C6H6N4S/c1-2-7-6(8-3-1)5-4-9-10-11-5/h1-4,9-10H. The topological polar surface area (TPSA) is 49.8 Å². The predicted octanol–water partition coefficient (Wildman–Crippen LogP) is 0.531. The van der Waals surface area contributed by atoms with Crippen LogP contribution in [-0.2, 0) is 0 Å². The third-order valence-corrected chi connectivity index (χ3v) is 1.95. The molecule has 11 heavy (non-hydrogen) atoms. The van der Waals surface area contributed by atoms with E-state index >= 15 is 0 Å². The van der Waals surface area contributed by atoms with Crippen LogP contribution < -0.4 is 10.3 Å². The Labute approximate surface area is 68.2 Å². The molecular formula is C6H6N4S. The highest BCUT2D eigenvalue weighted by Crippen LogP contribution is 2.22. The quantitative estimate of drug-likeness (QED) is 0.596. The zero-order chi connectivity index (χ0) is 7.52. The van der Waals surface area contributed by atoms with Crippen molar-refractivity contribution in [3.05, 3.63) is 30.5 Å². The molecule has 0 amide bonds. The SMILES string of the molecule is C1=C(c2ncccn2)SNN1. The molecule has 1 aliphatic heterocycles. The Morgan fingerprint density at radius 3 is 2.73 bits per heavy atom. The minimum absolute atomic E-state index is 0.745. The smallest absolute Gasteiger partial charge is 0.168 e. The first-order valence-corrected chi connectivity index (χ1v) is 3.93. The molecule has 0 spiro atoms. The van der Waals surface area contributed by atoms with Gasteiger partial charge in [-0.05, 0) is 18.0 Å². The van der Waals surface area contributed by atoms with E-state index in [1.54, 1.807) is 18.5 Å². The van der Waals surface area contributed by atoms with E-state index in [0.717, 1.165) is 10.7 Å². The van der Waals surface area contributed by atoms with E-state index in [9.17, 15) is 0 Å². The van der Waals surface area contributed by atoms with Gasteiger partial charge in [-0.3, -0.25) is 0 Å². The maximum atomic E-state index is 4.08. The number of hydrogen-bond acceptors (Lipinski definition) is 5. The summed E-state index contributed by atoms with van der Waals surface area (Å²) in [6.07, 6.45) is 5.28. The molecule has 56 valence electrons. The minimum Gasteiger partial charge on any atom is -0.318 e. The highest BCUT2D eigenvalue weighted by Gasteiger charge is 2.08. The lowest BCUT2D eigenvalue weighted by Crippen LogP contribution is -2.11. The summed E-state index contributed by atoms with van der Waals surface area (Å²) in [5.41, 5.74) is 2.84. The van der Waals surface area contributed by atoms with Crippen LogP contribution in [0, 0.1) is 0 Å². The Hall–Kier alpha value is -1.07. The van der Waals surface area contributed by atoms with Crippen LogP contribution in [-0.4, -0.2) is 9.97 Å². The van der Waals surface area contributed by atoms with Gasteiger partial charge in [0.25, 0.3) is 0 Å². The predicted molar refractivity (Wildman–Crippen MR) is 43.9 cm³/mol. The van der Waals surface area contributed by atoms with Crippen LogP contribution in [0.1, 0.15) is 5.82 Å². The third kappa shape index (κ3) is 1.33. The van der Waals surface area contributed by atoms with Gasteiger partial charge in [0.15, 0.2) is 5.82 Å². The molecule has 4 nitrogen and oxygen atoms in total. The van der Waals surface area contributed by atoms with E-state index in [-0.39, 0.29) is 0 Å². The van der Waals surface area contributed by atoms with Gasteiger partial charge in [0.2, 0.25) is 0 Å². The van der Waals surface area contributed by atoms with E-state index in [1.165, 1.54) is 11.9 Å². The van der Waals surface area contributed by atoms with E-state index in [4.69, 9.17) is 0 Å². The van der Waals surface area contributed by atoms with Crippen LogP contribution in [0.25, 0.3) is 4.91 Å². The first kappa shape index (κ1) is 6.63. The normalized spacial score (nSPS) is 15.8. The molecule has 1 aliphatic rings. The Bertz CT molecular complexity index is 271. The highest BCUT2D eigenvalue weighted by molar-refractivity contribution is 8.06. The molecule has 0 atom stereocenters. The third-order valence-electron chi connectivity index (χ3n) is 1.21. The second kappa shape index (κ2) is 2.89. The maximum Gasteiger partial charge on any atom is 0.168 e. The number of hydrazine groups is 1. The number of aromatic nitrogens is 2. The molecule has 1 aromatic heterocycles. The van der Waals surface area contributed by atoms with Crippen molar-refractivity contribution in [3.63, 3.8) is 0 Å². The molecule has 0 aromatic carbocycles. The first-order chi connectivity index (χ1) is 5.47. The molecule has 2 N–H and O–H groups in total. The summed E-state index contributed by atoms with van der Waals surface area (Å²) < 4.78 is 0. The molecule has 0 radical (unpaired) electrons. The Kier molecular flexibility index (Phi) is 1.74. The number of hydrogen-bond donors (Lipinski definition) is 2. The Balaban J connectivity index is 2.29. The molecule has 1 aromatic rings. The summed E-state index contributed by atoms with van der Waals surface area (Å²) >= 11 is 1.47. The second-order valence-electron chi connectivity index (χ2n) is 1.93. The number of rotatable bonds is 1. The molecule has 2 rings (SSSR count). The zero-order valence-electron chi connectivity index (χ0n) is 5.61. The van der Waals surface area contributed by atoms with Crippen molar-refractivity contribution in [2.75, 3.05) is 0 Å². The van der Waals surface area contributed by atoms with Crippen LogP contribution in [0.15, 0.2) is 24.7 Å². The average Bonchev–Trinajstić information content (AvgIpc) is 2.58. The van der Waals surface area contributed by atoms with Gasteiger partial charge >= 0.3 is 0 Å². The van der Waals surface area contributed by atoms with Crippen LogP contribution in [0.4, 0.5) is 0 Å². The Morgan fingerprint density at radius 2 is 2.09 bits per heavy atom. The molecule has 0 unspecified atom stereocenters. The van der Waals surface area contributed by atoms with Gasteiger partial charge in [0, 0.05) is 18.6 Å². The molecule has 2 heterocycles. The highest BCUT2D eigenvalue weighted by atomic mass is 32.2. The molecule has 0 bridgehead atoms. The van der Waals surface area contributed by atoms with E-state index < -0.39 is 0 Å². The van der Waals surface area contributed by atoms with Gasteiger partial charge in [0.05, 0.1) is 4.91 Å². The fraction of sp³-hybridized carbons (Fsp3) is 0. The summed E-state index contributed by atoms with van der Waals surface area (Å²) in [7, 11) is 0. The lowest BCUT2D eigenvalue weighted by Gasteiger charge is -1.94. The zero-order valence-corrected chi connectivity index (χ0v) is 6.43. The minimum atomic E-state index is 0.745. The van der Waals surface area contributed by atoms with Gasteiger partial charge in [0.1, 0.15) is 0 Å². The molecule has 5 heteroatoms. The maximum absolute atomic E-state index is 4.08. The van der Waals surface area contributed by atoms with Crippen molar-refractivity contribution in [2.24, 2.45) is 0 Å². The van der Waals surface area contributed by atoms with Crippen LogP contribution >= 0.6 is 11.9 Å². The lowest BCUT2D eigenvalue weighted by molar-refractivity contribution is 0.896. The van der Waals surface area contributed by atoms with E-state index in [2.05, 4.69) is 20.2 Å². The van der Waals surface area contributed by atoms with E-state index in [1.807, 2.05) is 6.20 Å². The summed E-state index contributed by atoms with van der Waals surface area (Å²) in [5, 5.41) is 0. The van der Waals surface area contributed by atoms with Gasteiger partial charge in [-0.25, -0.2) is 9.97 Å². The van der Waals surface area contributed by atoms with Crippen molar-refractivity contribution in [1.82, 2.24) is 20.2 Å². The van der Waals surface area contributed by atoms with Gasteiger partial charge in [-0.1, -0.05) is 0 Å². The second-order valence-corrected chi connectivity index (χ2v) is 2.78. The van der Waals surface area contributed by atoms with Gasteiger partial charge in [-0.2, -0.15) is 4.83 Å². The van der Waals surface area contributed by atoms with Crippen molar-refractivity contribution in [1.29, 1.82) is 0 Å². The number of nitrogens with zero attached hydrogens (tertiary/aromatic N) is 2. The summed E-state index contributed by atoms with van der Waals surface area (Å²) in [5.74, 6) is 0.745. The Morgan fingerprint density at radius 1 is 1.27 bits per heavy atom. The molecule has 0 saturated heterocycles. The van der Waals surface area contributed by atoms with E-state index in [0.29, 0.717) is 0 Å². The van der Waals surface area contributed by atoms with Crippen LogP contribution in [0.5, 0.6) is 0 Å². The molecule has 0 aliphatic carbocycles. The van der Waals surface area contributed by atoms with Crippen molar-refractivity contribution >= 4 is 16.9 Å².